The predicted octanol–water partition coefficient (Wildman–Crippen LogP) is 2.34. The zero-order valence-electron chi connectivity index (χ0n) is 13.7. The van der Waals surface area contributed by atoms with Crippen LogP contribution in [0.15, 0.2) is 18.2 Å². The van der Waals surface area contributed by atoms with Crippen LogP contribution >= 0.6 is 0 Å². The maximum atomic E-state index is 12.5. The molecule has 2 aliphatic rings. The van der Waals surface area contributed by atoms with Gasteiger partial charge in [-0.15, -0.1) is 0 Å². The van der Waals surface area contributed by atoms with Gasteiger partial charge in [0.25, 0.3) is 0 Å². The van der Waals surface area contributed by atoms with E-state index in [4.69, 9.17) is 14.2 Å². The van der Waals surface area contributed by atoms with E-state index in [0.29, 0.717) is 19.8 Å². The van der Waals surface area contributed by atoms with Gasteiger partial charge in [-0.2, -0.15) is 0 Å². The number of rotatable bonds is 4. The lowest BCUT2D eigenvalue weighted by Crippen LogP contribution is -2.44. The molecule has 0 radical (unpaired) electrons. The van der Waals surface area contributed by atoms with E-state index in [1.54, 1.807) is 7.11 Å². The molecule has 1 N–H and O–H groups in total. The molecule has 23 heavy (non-hydrogen) atoms. The van der Waals surface area contributed by atoms with E-state index in [1.807, 2.05) is 30.0 Å². The number of methoxy groups -OCH3 is 1. The molecule has 0 aliphatic carbocycles. The minimum Gasteiger partial charge on any atom is -0.486 e. The van der Waals surface area contributed by atoms with Crippen LogP contribution in [0.4, 0.5) is 4.79 Å². The molecule has 0 aromatic heterocycles. The van der Waals surface area contributed by atoms with Crippen molar-refractivity contribution in [2.24, 2.45) is 0 Å². The molecule has 0 bridgehead atoms. The lowest BCUT2D eigenvalue weighted by molar-refractivity contribution is 0.156. The molecule has 6 nitrogen and oxygen atoms in total. The van der Waals surface area contributed by atoms with Crippen molar-refractivity contribution in [3.05, 3.63) is 23.8 Å². The van der Waals surface area contributed by atoms with Crippen LogP contribution in [0.2, 0.25) is 0 Å². The summed E-state index contributed by atoms with van der Waals surface area (Å²) < 4.78 is 16.3. The molecule has 3 rings (SSSR count). The van der Waals surface area contributed by atoms with Crippen molar-refractivity contribution >= 4 is 6.03 Å². The first kappa shape index (κ1) is 15.9. The first-order valence-electron chi connectivity index (χ1n) is 8.14. The van der Waals surface area contributed by atoms with Gasteiger partial charge in [-0.1, -0.05) is 6.07 Å². The normalized spacial score (nSPS) is 21.1. The van der Waals surface area contributed by atoms with E-state index >= 15 is 0 Å². The summed E-state index contributed by atoms with van der Waals surface area (Å²) in [7, 11) is 1.64. The van der Waals surface area contributed by atoms with Crippen molar-refractivity contribution in [3.63, 3.8) is 0 Å². The van der Waals surface area contributed by atoms with Crippen molar-refractivity contribution in [1.29, 1.82) is 0 Å². The number of fused-ring (bicyclic) bond motifs is 1. The van der Waals surface area contributed by atoms with Crippen molar-refractivity contribution < 1.29 is 19.0 Å². The minimum absolute atomic E-state index is 0.00554. The van der Waals surface area contributed by atoms with Crippen molar-refractivity contribution in [3.8, 4) is 11.5 Å². The van der Waals surface area contributed by atoms with E-state index in [9.17, 15) is 4.79 Å². The van der Waals surface area contributed by atoms with Gasteiger partial charge >= 0.3 is 6.03 Å². The third kappa shape index (κ3) is 3.52. The summed E-state index contributed by atoms with van der Waals surface area (Å²) in [6, 6.07) is 6.01. The van der Waals surface area contributed by atoms with Gasteiger partial charge in [0.15, 0.2) is 11.5 Å². The molecular formula is C17H24N2O4. The second-order valence-electron chi connectivity index (χ2n) is 6.06. The number of amides is 2. The molecule has 2 amide bonds. The maximum absolute atomic E-state index is 12.5. The molecule has 1 aromatic carbocycles. The van der Waals surface area contributed by atoms with Crippen LogP contribution in [0.3, 0.4) is 0 Å². The van der Waals surface area contributed by atoms with Gasteiger partial charge in [-0.3, -0.25) is 0 Å². The Morgan fingerprint density at radius 3 is 2.96 bits per heavy atom. The van der Waals surface area contributed by atoms with Crippen LogP contribution in [-0.2, 0) is 4.74 Å². The third-order valence-corrected chi connectivity index (χ3v) is 4.25. The summed E-state index contributed by atoms with van der Waals surface area (Å²) in [5.74, 6) is 1.55. The molecule has 126 valence electrons. The Kier molecular flexibility index (Phi) is 4.91. The Balaban J connectivity index is 1.72. The molecule has 1 fully saturated rings. The highest BCUT2D eigenvalue weighted by atomic mass is 16.6. The molecule has 1 saturated heterocycles. The van der Waals surface area contributed by atoms with E-state index in [0.717, 1.165) is 36.4 Å². The Bertz CT molecular complexity index is 564. The van der Waals surface area contributed by atoms with Gasteiger partial charge < -0.3 is 24.4 Å². The highest BCUT2D eigenvalue weighted by Crippen LogP contribution is 2.38. The molecule has 1 aromatic rings. The smallest absolute Gasteiger partial charge is 0.318 e. The summed E-state index contributed by atoms with van der Waals surface area (Å²) in [5, 5.41) is 2.99. The molecule has 0 unspecified atom stereocenters. The summed E-state index contributed by atoms with van der Waals surface area (Å²) in [5.41, 5.74) is 1.10. The molecule has 2 heterocycles. The van der Waals surface area contributed by atoms with Crippen LogP contribution in [0.25, 0.3) is 0 Å². The second kappa shape index (κ2) is 7.08. The van der Waals surface area contributed by atoms with E-state index in [-0.39, 0.29) is 18.1 Å². The topological polar surface area (TPSA) is 60.0 Å². The fourth-order valence-electron chi connectivity index (χ4n) is 3.21. The van der Waals surface area contributed by atoms with Crippen LogP contribution in [0.1, 0.15) is 31.4 Å². The first-order valence-corrected chi connectivity index (χ1v) is 8.14. The van der Waals surface area contributed by atoms with Gasteiger partial charge in [0.1, 0.15) is 13.2 Å². The number of hydrogen-bond acceptors (Lipinski definition) is 4. The van der Waals surface area contributed by atoms with Gasteiger partial charge in [0.2, 0.25) is 0 Å². The molecule has 0 spiro atoms. The number of ether oxygens (including phenoxy) is 3. The number of carbonyl (C=O) groups is 1. The van der Waals surface area contributed by atoms with Gasteiger partial charge in [-0.25, -0.2) is 4.79 Å². The predicted molar refractivity (Wildman–Crippen MR) is 86.0 cm³/mol. The maximum Gasteiger partial charge on any atom is 0.318 e. The number of nitrogens with one attached hydrogen (secondary N) is 1. The largest absolute Gasteiger partial charge is 0.486 e. The number of benzene rings is 1. The average molecular weight is 320 g/mol. The third-order valence-electron chi connectivity index (χ3n) is 4.25. The molecule has 2 aliphatic heterocycles. The highest BCUT2D eigenvalue weighted by molar-refractivity contribution is 5.75. The van der Waals surface area contributed by atoms with E-state index < -0.39 is 0 Å². The Labute approximate surface area is 136 Å². The van der Waals surface area contributed by atoms with Crippen LogP contribution in [0.5, 0.6) is 11.5 Å². The van der Waals surface area contributed by atoms with E-state index in [1.165, 1.54) is 0 Å². The standard InChI is InChI=1S/C17H24N2O4/c1-12(11-21-2)18-17(20)19-7-3-4-14(19)13-5-6-15-16(10-13)23-9-8-22-15/h5-6,10,12,14H,3-4,7-9,11H2,1-2H3,(H,18,20)/t12-,14+/m0/s1. The number of likely N-dealkylation sites (tertiary alicyclic amines) is 1. The van der Waals surface area contributed by atoms with Gasteiger partial charge in [-0.05, 0) is 37.5 Å². The summed E-state index contributed by atoms with van der Waals surface area (Å²) in [4.78, 5) is 14.4. The molecule has 6 heteroatoms. The number of hydrogen-bond donors (Lipinski definition) is 1. The molecule has 2 atom stereocenters. The second-order valence-corrected chi connectivity index (χ2v) is 6.06. The zero-order valence-corrected chi connectivity index (χ0v) is 13.7. The monoisotopic (exact) mass is 320 g/mol. The van der Waals surface area contributed by atoms with E-state index in [2.05, 4.69) is 5.32 Å². The number of carbonyl (C=O) groups excluding carboxylic acids is 1. The highest BCUT2D eigenvalue weighted by Gasteiger charge is 2.31. The molecular weight excluding hydrogens is 296 g/mol. The van der Waals surface area contributed by atoms with Crippen molar-refractivity contribution in [2.75, 3.05) is 33.5 Å². The van der Waals surface area contributed by atoms with Gasteiger partial charge in [0, 0.05) is 13.7 Å². The molecule has 0 saturated carbocycles. The van der Waals surface area contributed by atoms with Crippen LogP contribution in [0, 0.1) is 0 Å². The fourth-order valence-corrected chi connectivity index (χ4v) is 3.21. The van der Waals surface area contributed by atoms with Gasteiger partial charge in [0.05, 0.1) is 18.7 Å². The first-order chi connectivity index (χ1) is 11.2. The lowest BCUT2D eigenvalue weighted by Gasteiger charge is -2.28. The zero-order chi connectivity index (χ0) is 16.2. The number of urea groups is 1. The lowest BCUT2D eigenvalue weighted by atomic mass is 10.0. The van der Waals surface area contributed by atoms with Crippen LogP contribution < -0.4 is 14.8 Å². The van der Waals surface area contributed by atoms with Crippen LogP contribution in [-0.4, -0.2) is 50.4 Å². The summed E-state index contributed by atoms with van der Waals surface area (Å²) in [6.45, 7) is 4.37. The Morgan fingerprint density at radius 2 is 2.17 bits per heavy atom. The minimum atomic E-state index is -0.0352. The average Bonchev–Trinajstić information content (AvgIpc) is 3.04. The summed E-state index contributed by atoms with van der Waals surface area (Å²) >= 11 is 0. The number of nitrogens with zero attached hydrogens (tertiary/aromatic N) is 1. The Morgan fingerprint density at radius 1 is 1.39 bits per heavy atom. The van der Waals surface area contributed by atoms with Crippen molar-refractivity contribution in [1.82, 2.24) is 10.2 Å². The SMILES string of the molecule is COC[C@H](C)NC(=O)N1CCC[C@@H]1c1ccc2c(c1)OCCO2. The Hall–Kier alpha value is -1.95. The van der Waals surface area contributed by atoms with Crippen molar-refractivity contribution in [2.45, 2.75) is 31.8 Å². The fraction of sp³-hybridized carbons (Fsp3) is 0.588. The quantitative estimate of drug-likeness (QED) is 0.925. The summed E-state index contributed by atoms with van der Waals surface area (Å²) in [6.07, 6.45) is 1.97.